The normalized spacial score (nSPS) is 24.0. The third-order valence-corrected chi connectivity index (χ3v) is 10.9. The number of para-hydroxylation sites is 1. The van der Waals surface area contributed by atoms with E-state index in [1.165, 1.54) is 9.80 Å². The maximum absolute atomic E-state index is 15.1. The van der Waals surface area contributed by atoms with Gasteiger partial charge in [0.2, 0.25) is 17.7 Å². The Labute approximate surface area is 304 Å². The van der Waals surface area contributed by atoms with Crippen molar-refractivity contribution in [2.24, 2.45) is 0 Å². The van der Waals surface area contributed by atoms with E-state index >= 15 is 9.59 Å². The van der Waals surface area contributed by atoms with Crippen molar-refractivity contribution in [2.75, 3.05) is 11.4 Å². The van der Waals surface area contributed by atoms with Gasteiger partial charge in [-0.15, -0.1) is 0 Å². The number of hydrogen-bond acceptors (Lipinski definition) is 6. The molecule has 0 radical (unpaired) electrons. The van der Waals surface area contributed by atoms with Crippen LogP contribution in [-0.4, -0.2) is 85.9 Å². The number of amides is 4. The lowest BCUT2D eigenvalue weighted by molar-refractivity contribution is -0.151. The molecule has 52 heavy (non-hydrogen) atoms. The maximum atomic E-state index is 15.1. The highest BCUT2D eigenvalue weighted by Crippen LogP contribution is 2.42. The molecular formula is C41H46N4O7. The van der Waals surface area contributed by atoms with Crippen molar-refractivity contribution in [1.29, 1.82) is 0 Å². The number of carbonyl (C=O) groups excluding carboxylic acids is 4. The number of fused-ring (bicyclic) bond motifs is 2. The molecule has 11 nitrogen and oxygen atoms in total. The topological polar surface area (TPSA) is 128 Å². The second-order valence-corrected chi connectivity index (χ2v) is 15.3. The van der Waals surface area contributed by atoms with Crippen molar-refractivity contribution >= 4 is 35.5 Å². The summed E-state index contributed by atoms with van der Waals surface area (Å²) in [5, 5.41) is 9.78. The van der Waals surface area contributed by atoms with Crippen LogP contribution in [-0.2, 0) is 43.3 Å². The molecule has 1 N–H and O–H groups in total. The van der Waals surface area contributed by atoms with Crippen molar-refractivity contribution in [1.82, 2.24) is 14.7 Å². The van der Waals surface area contributed by atoms with Gasteiger partial charge >= 0.3 is 12.1 Å². The molecule has 2 saturated heterocycles. The van der Waals surface area contributed by atoms with Crippen LogP contribution in [0.1, 0.15) is 81.2 Å². The summed E-state index contributed by atoms with van der Waals surface area (Å²) in [7, 11) is 0. The molecule has 0 bridgehead atoms. The quantitative estimate of drug-likeness (QED) is 0.359. The summed E-state index contributed by atoms with van der Waals surface area (Å²) in [6, 6.07) is 21.4. The van der Waals surface area contributed by atoms with E-state index in [1.54, 1.807) is 30.6 Å². The van der Waals surface area contributed by atoms with Crippen LogP contribution in [0, 0.1) is 0 Å². The van der Waals surface area contributed by atoms with Crippen molar-refractivity contribution in [2.45, 2.75) is 108 Å². The van der Waals surface area contributed by atoms with Crippen molar-refractivity contribution in [3.05, 3.63) is 101 Å². The average molecular weight is 707 g/mol. The van der Waals surface area contributed by atoms with Gasteiger partial charge in [0.05, 0.1) is 11.7 Å². The molecule has 5 atom stereocenters. The van der Waals surface area contributed by atoms with E-state index in [-0.39, 0.29) is 37.1 Å². The van der Waals surface area contributed by atoms with Gasteiger partial charge in [-0.3, -0.25) is 19.3 Å². The standard InChI is InChI=1S/C41H46N4O7/c1-41(2,3)52-40(51)45-31-17-10-9-15-28(31)23-35(45)38(48)44-32(26-12-5-4-6-13-26)19-20-33(44)37(47)43-25-29-16-8-7-14-27(29)22-30(43)24-36(46)42-21-11-18-34(42)39(49)50/h4-10,12-17,30,32-35H,11,18-25H2,1-3H3,(H,49,50)/t30-,32+,33-,34+,35-/m1/s1. The molecule has 0 spiro atoms. The highest BCUT2D eigenvalue weighted by molar-refractivity contribution is 6.02. The number of ether oxygens (including phenoxy) is 1. The molecule has 3 aromatic carbocycles. The lowest BCUT2D eigenvalue weighted by Crippen LogP contribution is -2.57. The SMILES string of the molecule is CC(C)(C)OC(=O)N1c2ccccc2C[C@@H]1C(=O)N1[C@@H](C(=O)N2Cc3ccccc3C[C@@H]2CC(=O)N2CCC[C@H]2C(=O)O)CC[C@H]1c1ccccc1. The summed E-state index contributed by atoms with van der Waals surface area (Å²) in [5.74, 6) is -1.90. The monoisotopic (exact) mass is 706 g/mol. The first-order chi connectivity index (χ1) is 24.9. The second kappa shape index (κ2) is 14.1. The number of hydrogen-bond donors (Lipinski definition) is 1. The van der Waals surface area contributed by atoms with E-state index in [9.17, 15) is 19.5 Å². The van der Waals surface area contributed by atoms with E-state index in [4.69, 9.17) is 4.74 Å². The Balaban J connectivity index is 1.23. The van der Waals surface area contributed by atoms with Gasteiger partial charge in [0, 0.05) is 32.0 Å². The lowest BCUT2D eigenvalue weighted by Gasteiger charge is -2.41. The lowest BCUT2D eigenvalue weighted by atomic mass is 9.91. The minimum absolute atomic E-state index is 0.0169. The summed E-state index contributed by atoms with van der Waals surface area (Å²) in [5.41, 5.74) is 3.58. The van der Waals surface area contributed by atoms with Crippen LogP contribution in [0.15, 0.2) is 78.9 Å². The summed E-state index contributed by atoms with van der Waals surface area (Å²) < 4.78 is 5.82. The smallest absolute Gasteiger partial charge is 0.415 e. The van der Waals surface area contributed by atoms with Gasteiger partial charge in [0.25, 0.3) is 0 Å². The van der Waals surface area contributed by atoms with Crippen molar-refractivity contribution in [3.8, 4) is 0 Å². The highest BCUT2D eigenvalue weighted by Gasteiger charge is 2.50. The van der Waals surface area contributed by atoms with E-state index in [0.29, 0.717) is 44.3 Å². The number of carboxylic acids is 1. The van der Waals surface area contributed by atoms with Crippen LogP contribution in [0.4, 0.5) is 10.5 Å². The van der Waals surface area contributed by atoms with E-state index in [1.807, 2.05) is 78.9 Å². The van der Waals surface area contributed by atoms with Crippen molar-refractivity contribution < 1.29 is 33.8 Å². The third kappa shape index (κ3) is 6.76. The third-order valence-electron chi connectivity index (χ3n) is 10.9. The Morgan fingerprint density at radius 3 is 2.12 bits per heavy atom. The molecule has 0 unspecified atom stereocenters. The minimum Gasteiger partial charge on any atom is -0.480 e. The first-order valence-electron chi connectivity index (χ1n) is 18.3. The predicted molar refractivity (Wildman–Crippen MR) is 193 cm³/mol. The van der Waals surface area contributed by atoms with Crippen LogP contribution >= 0.6 is 0 Å². The largest absolute Gasteiger partial charge is 0.480 e. The van der Waals surface area contributed by atoms with Gasteiger partial charge in [-0.1, -0.05) is 72.8 Å². The molecule has 4 aliphatic rings. The zero-order valence-electron chi connectivity index (χ0n) is 29.9. The van der Waals surface area contributed by atoms with Crippen LogP contribution in [0.5, 0.6) is 0 Å². The van der Waals surface area contributed by atoms with Crippen molar-refractivity contribution in [3.63, 3.8) is 0 Å². The number of nitrogens with zero attached hydrogens (tertiary/aromatic N) is 4. The number of likely N-dealkylation sites (tertiary alicyclic amines) is 2. The molecular weight excluding hydrogens is 660 g/mol. The number of benzene rings is 3. The summed E-state index contributed by atoms with van der Waals surface area (Å²) in [6.07, 6.45) is 2.04. The molecule has 4 heterocycles. The highest BCUT2D eigenvalue weighted by atomic mass is 16.6. The fourth-order valence-electron chi connectivity index (χ4n) is 8.52. The van der Waals surface area contributed by atoms with E-state index in [2.05, 4.69) is 0 Å². The Bertz CT molecular complexity index is 1870. The fourth-order valence-corrected chi connectivity index (χ4v) is 8.52. The Hall–Kier alpha value is -5.19. The number of carbonyl (C=O) groups is 5. The number of carboxylic acid groups (broad SMARTS) is 1. The molecule has 4 amide bonds. The van der Waals surface area contributed by atoms with Crippen LogP contribution in [0.3, 0.4) is 0 Å². The fraction of sp³-hybridized carbons (Fsp3) is 0.439. The number of rotatable bonds is 6. The van der Waals surface area contributed by atoms with Crippen LogP contribution in [0.25, 0.3) is 0 Å². The maximum Gasteiger partial charge on any atom is 0.415 e. The Morgan fingerprint density at radius 1 is 0.731 bits per heavy atom. The van der Waals surface area contributed by atoms with E-state index in [0.717, 1.165) is 22.3 Å². The summed E-state index contributed by atoms with van der Waals surface area (Å²) in [6.45, 7) is 5.99. The molecule has 0 aromatic heterocycles. The molecule has 11 heteroatoms. The van der Waals surface area contributed by atoms with Gasteiger partial charge < -0.3 is 24.5 Å². The molecule has 2 fully saturated rings. The molecule has 7 rings (SSSR count). The zero-order valence-corrected chi connectivity index (χ0v) is 29.9. The summed E-state index contributed by atoms with van der Waals surface area (Å²) >= 11 is 0. The molecule has 0 saturated carbocycles. The van der Waals surface area contributed by atoms with E-state index < -0.39 is 47.9 Å². The molecule has 3 aromatic rings. The Morgan fingerprint density at radius 2 is 1.40 bits per heavy atom. The molecule has 0 aliphatic carbocycles. The molecule has 4 aliphatic heterocycles. The first-order valence-corrected chi connectivity index (χ1v) is 18.3. The van der Waals surface area contributed by atoms with Gasteiger partial charge in [-0.05, 0) is 81.2 Å². The van der Waals surface area contributed by atoms with Gasteiger partial charge in [0.15, 0.2) is 0 Å². The zero-order chi connectivity index (χ0) is 36.7. The number of anilines is 1. The average Bonchev–Trinajstić information content (AvgIpc) is 3.88. The number of aliphatic carboxylic acids is 1. The molecule has 272 valence electrons. The van der Waals surface area contributed by atoms with Crippen LogP contribution < -0.4 is 4.90 Å². The van der Waals surface area contributed by atoms with Crippen LogP contribution in [0.2, 0.25) is 0 Å². The minimum atomic E-state index is -1.02. The first kappa shape index (κ1) is 35.2. The second-order valence-electron chi connectivity index (χ2n) is 15.3. The van der Waals surface area contributed by atoms with Gasteiger partial charge in [-0.2, -0.15) is 0 Å². The predicted octanol–water partition coefficient (Wildman–Crippen LogP) is 5.50. The summed E-state index contributed by atoms with van der Waals surface area (Å²) in [4.78, 5) is 75.9. The van der Waals surface area contributed by atoms with Gasteiger partial charge in [0.1, 0.15) is 23.7 Å². The van der Waals surface area contributed by atoms with Gasteiger partial charge in [-0.25, -0.2) is 9.59 Å². The Kier molecular flexibility index (Phi) is 9.54.